The molecule has 0 aromatic carbocycles. The van der Waals surface area contributed by atoms with Crippen LogP contribution in [0.4, 0.5) is 0 Å². The van der Waals surface area contributed by atoms with Gasteiger partial charge in [0.25, 0.3) is 0 Å². The van der Waals surface area contributed by atoms with Crippen LogP contribution in [0.5, 0.6) is 0 Å². The van der Waals surface area contributed by atoms with E-state index in [2.05, 4.69) is 5.32 Å². The second kappa shape index (κ2) is 5.93. The van der Waals surface area contributed by atoms with E-state index in [-0.39, 0.29) is 25.2 Å². The van der Waals surface area contributed by atoms with Crippen molar-refractivity contribution >= 4 is 5.91 Å². The van der Waals surface area contributed by atoms with Crippen molar-refractivity contribution in [2.75, 3.05) is 20.3 Å². The predicted molar refractivity (Wildman–Crippen MR) is 44.5 cm³/mol. The van der Waals surface area contributed by atoms with Gasteiger partial charge < -0.3 is 20.9 Å². The molecule has 0 aliphatic rings. The van der Waals surface area contributed by atoms with Gasteiger partial charge in [0.05, 0.1) is 13.2 Å². The van der Waals surface area contributed by atoms with E-state index < -0.39 is 6.04 Å². The van der Waals surface area contributed by atoms with Gasteiger partial charge in [-0.15, -0.1) is 0 Å². The van der Waals surface area contributed by atoms with Crippen molar-refractivity contribution in [3.63, 3.8) is 0 Å². The SMILES string of the molecule is COCC(N)C(=O)NC(C)CO. The highest BCUT2D eigenvalue weighted by atomic mass is 16.5. The summed E-state index contributed by atoms with van der Waals surface area (Å²) in [6, 6.07) is -0.926. The van der Waals surface area contributed by atoms with Crippen molar-refractivity contribution in [3.8, 4) is 0 Å². The molecule has 4 N–H and O–H groups in total. The number of carbonyl (C=O) groups is 1. The lowest BCUT2D eigenvalue weighted by Gasteiger charge is -2.14. The van der Waals surface area contributed by atoms with Crippen LogP contribution in [-0.4, -0.2) is 43.4 Å². The second-order valence-electron chi connectivity index (χ2n) is 2.65. The summed E-state index contributed by atoms with van der Waals surface area (Å²) in [5, 5.41) is 11.1. The van der Waals surface area contributed by atoms with E-state index in [1.165, 1.54) is 7.11 Å². The van der Waals surface area contributed by atoms with Crippen LogP contribution in [0.1, 0.15) is 6.92 Å². The van der Waals surface area contributed by atoms with Gasteiger partial charge in [-0.25, -0.2) is 0 Å². The Morgan fingerprint density at radius 2 is 2.33 bits per heavy atom. The lowest BCUT2D eigenvalue weighted by Crippen LogP contribution is -2.47. The van der Waals surface area contributed by atoms with Crippen molar-refractivity contribution in [1.82, 2.24) is 5.32 Å². The molecule has 0 heterocycles. The molecule has 0 saturated carbocycles. The third-order valence-electron chi connectivity index (χ3n) is 1.35. The predicted octanol–water partition coefficient (Wildman–Crippen LogP) is -1.54. The maximum atomic E-state index is 11.1. The molecule has 0 aromatic heterocycles. The Hall–Kier alpha value is -0.650. The normalized spacial score (nSPS) is 15.3. The third kappa shape index (κ3) is 4.27. The summed E-state index contributed by atoms with van der Waals surface area (Å²) in [4.78, 5) is 11.1. The Bertz CT molecular complexity index is 141. The van der Waals surface area contributed by atoms with E-state index in [4.69, 9.17) is 15.6 Å². The van der Waals surface area contributed by atoms with Gasteiger partial charge in [-0.1, -0.05) is 0 Å². The summed E-state index contributed by atoms with van der Waals surface area (Å²) in [5.74, 6) is -0.307. The van der Waals surface area contributed by atoms with Gasteiger partial charge in [0.1, 0.15) is 6.04 Å². The molecule has 5 heteroatoms. The molecule has 12 heavy (non-hydrogen) atoms. The first kappa shape index (κ1) is 11.4. The molecule has 0 radical (unpaired) electrons. The number of hydrogen-bond acceptors (Lipinski definition) is 4. The number of rotatable bonds is 5. The first-order valence-electron chi connectivity index (χ1n) is 3.77. The monoisotopic (exact) mass is 176 g/mol. The number of amides is 1. The number of nitrogens with two attached hydrogens (primary N) is 1. The summed E-state index contributed by atoms with van der Waals surface area (Å²) in [7, 11) is 1.47. The van der Waals surface area contributed by atoms with Crippen LogP contribution in [0.25, 0.3) is 0 Å². The minimum absolute atomic E-state index is 0.0918. The lowest BCUT2D eigenvalue weighted by atomic mass is 10.3. The Morgan fingerprint density at radius 3 is 2.75 bits per heavy atom. The summed E-state index contributed by atoms with van der Waals surface area (Å²) in [5.41, 5.74) is 5.41. The smallest absolute Gasteiger partial charge is 0.239 e. The largest absolute Gasteiger partial charge is 0.394 e. The number of carbonyl (C=O) groups excluding carboxylic acids is 1. The molecule has 2 unspecified atom stereocenters. The average Bonchev–Trinajstić information content (AvgIpc) is 2.04. The Labute approximate surface area is 71.9 Å². The summed E-state index contributed by atoms with van der Waals surface area (Å²) in [6.07, 6.45) is 0. The fraction of sp³-hybridized carbons (Fsp3) is 0.857. The van der Waals surface area contributed by atoms with Crippen LogP contribution in [0.15, 0.2) is 0 Å². The highest BCUT2D eigenvalue weighted by molar-refractivity contribution is 5.81. The van der Waals surface area contributed by atoms with Crippen molar-refractivity contribution in [2.24, 2.45) is 5.73 Å². The van der Waals surface area contributed by atoms with E-state index in [1.54, 1.807) is 6.92 Å². The van der Waals surface area contributed by atoms with Crippen molar-refractivity contribution in [3.05, 3.63) is 0 Å². The lowest BCUT2D eigenvalue weighted by molar-refractivity contribution is -0.124. The fourth-order valence-electron chi connectivity index (χ4n) is 0.651. The molecular formula is C7H16N2O3. The quantitative estimate of drug-likeness (QED) is 0.474. The molecule has 0 saturated heterocycles. The van der Waals surface area contributed by atoms with Crippen molar-refractivity contribution in [1.29, 1.82) is 0 Å². The minimum Gasteiger partial charge on any atom is -0.394 e. The Morgan fingerprint density at radius 1 is 1.75 bits per heavy atom. The van der Waals surface area contributed by atoms with Crippen LogP contribution in [0, 0.1) is 0 Å². The first-order chi connectivity index (χ1) is 5.61. The van der Waals surface area contributed by atoms with Gasteiger partial charge in [-0.2, -0.15) is 0 Å². The number of aliphatic hydroxyl groups excluding tert-OH is 1. The molecule has 1 amide bonds. The number of aliphatic hydroxyl groups is 1. The molecule has 0 aromatic rings. The van der Waals surface area contributed by atoms with Gasteiger partial charge in [0.15, 0.2) is 0 Å². The van der Waals surface area contributed by atoms with Crippen LogP contribution in [0.3, 0.4) is 0 Å². The first-order valence-corrected chi connectivity index (χ1v) is 3.77. The third-order valence-corrected chi connectivity index (χ3v) is 1.35. The number of methoxy groups -OCH3 is 1. The number of hydrogen-bond donors (Lipinski definition) is 3. The second-order valence-corrected chi connectivity index (χ2v) is 2.65. The van der Waals surface area contributed by atoms with Crippen molar-refractivity contribution < 1.29 is 14.6 Å². The summed E-state index contributed by atoms with van der Waals surface area (Å²) < 4.78 is 4.69. The summed E-state index contributed by atoms with van der Waals surface area (Å²) in [6.45, 7) is 1.78. The fourth-order valence-corrected chi connectivity index (χ4v) is 0.651. The summed E-state index contributed by atoms with van der Waals surface area (Å²) >= 11 is 0. The maximum Gasteiger partial charge on any atom is 0.239 e. The Kier molecular flexibility index (Phi) is 5.61. The zero-order valence-corrected chi connectivity index (χ0v) is 7.41. The molecule has 0 spiro atoms. The average molecular weight is 176 g/mol. The van der Waals surface area contributed by atoms with E-state index in [1.807, 2.05) is 0 Å². The highest BCUT2D eigenvalue weighted by Crippen LogP contribution is 1.84. The van der Waals surface area contributed by atoms with Gasteiger partial charge in [-0.05, 0) is 6.92 Å². The number of nitrogens with one attached hydrogen (secondary N) is 1. The molecule has 72 valence electrons. The van der Waals surface area contributed by atoms with E-state index >= 15 is 0 Å². The molecule has 5 nitrogen and oxygen atoms in total. The molecule has 0 bridgehead atoms. The standard InChI is InChI=1S/C7H16N2O3/c1-5(3-10)9-7(11)6(8)4-12-2/h5-6,10H,3-4,8H2,1-2H3,(H,9,11). The zero-order valence-electron chi connectivity index (χ0n) is 7.41. The van der Waals surface area contributed by atoms with E-state index in [0.29, 0.717) is 0 Å². The zero-order chi connectivity index (χ0) is 9.56. The molecular weight excluding hydrogens is 160 g/mol. The van der Waals surface area contributed by atoms with Gasteiger partial charge in [-0.3, -0.25) is 4.79 Å². The van der Waals surface area contributed by atoms with Gasteiger partial charge >= 0.3 is 0 Å². The van der Waals surface area contributed by atoms with Crippen molar-refractivity contribution in [2.45, 2.75) is 19.0 Å². The van der Waals surface area contributed by atoms with Gasteiger partial charge in [0, 0.05) is 13.2 Å². The van der Waals surface area contributed by atoms with E-state index in [0.717, 1.165) is 0 Å². The molecule has 0 aliphatic heterocycles. The molecule has 0 aliphatic carbocycles. The van der Waals surface area contributed by atoms with Crippen LogP contribution >= 0.6 is 0 Å². The maximum absolute atomic E-state index is 11.1. The number of ether oxygens (including phenoxy) is 1. The van der Waals surface area contributed by atoms with E-state index in [9.17, 15) is 4.79 Å². The van der Waals surface area contributed by atoms with Gasteiger partial charge in [0.2, 0.25) is 5.91 Å². The molecule has 0 rings (SSSR count). The molecule has 0 fully saturated rings. The van der Waals surface area contributed by atoms with Crippen LogP contribution in [-0.2, 0) is 9.53 Å². The highest BCUT2D eigenvalue weighted by Gasteiger charge is 2.14. The topological polar surface area (TPSA) is 84.6 Å². The molecule has 2 atom stereocenters. The van der Waals surface area contributed by atoms with Crippen LogP contribution < -0.4 is 11.1 Å². The minimum atomic E-state index is -0.663. The Balaban J connectivity index is 3.70. The van der Waals surface area contributed by atoms with Crippen LogP contribution in [0.2, 0.25) is 0 Å².